The summed E-state index contributed by atoms with van der Waals surface area (Å²) >= 11 is 0. The quantitative estimate of drug-likeness (QED) is 0.356. The maximum absolute atomic E-state index is 5.53. The van der Waals surface area contributed by atoms with Crippen LogP contribution in [-0.4, -0.2) is 44.3 Å². The van der Waals surface area contributed by atoms with Gasteiger partial charge in [-0.05, 0) is 46.1 Å². The number of hydrogen-bond acceptors (Lipinski definition) is 1. The Morgan fingerprint density at radius 1 is 0.708 bits per heavy atom. The summed E-state index contributed by atoms with van der Waals surface area (Å²) < 4.78 is 10.3. The average Bonchev–Trinajstić information content (AvgIpc) is 2.01. The highest BCUT2D eigenvalue weighted by Gasteiger charge is 2.40. The molecular weight excluding hydrogens is 359 g/mol. The predicted octanol–water partition coefficient (Wildman–Crippen LogP) is 7.23. The van der Waals surface area contributed by atoms with Gasteiger partial charge in [-0.15, -0.1) is 0 Å². The first-order chi connectivity index (χ1) is 10.1. The van der Waals surface area contributed by atoms with E-state index in [0.717, 1.165) is 0 Å². The van der Waals surface area contributed by atoms with Crippen molar-refractivity contribution >= 4 is 36.4 Å². The molecule has 1 atom stereocenters. The van der Waals surface area contributed by atoms with E-state index in [0.29, 0.717) is 0 Å². The van der Waals surface area contributed by atoms with Crippen molar-refractivity contribution < 1.29 is 0 Å². The summed E-state index contributed by atoms with van der Waals surface area (Å²) in [5, 5.41) is 0. The van der Waals surface area contributed by atoms with Gasteiger partial charge in [0.1, 0.15) is 8.24 Å². The molecule has 0 radical (unpaired) electrons. The van der Waals surface area contributed by atoms with Crippen molar-refractivity contribution in [1.82, 2.24) is 4.34 Å². The van der Waals surface area contributed by atoms with Gasteiger partial charge in [-0.2, -0.15) is 0 Å². The second-order valence-electron chi connectivity index (χ2n) is 12.1. The van der Waals surface area contributed by atoms with Crippen molar-refractivity contribution in [2.75, 3.05) is 0 Å². The maximum atomic E-state index is 5.53. The molecule has 0 spiro atoms. The molecule has 0 aromatic heterocycles. The van der Waals surface area contributed by atoms with Crippen LogP contribution in [0.15, 0.2) is 4.74 Å². The Balaban J connectivity index is 7.30. The van der Waals surface area contributed by atoms with Crippen LogP contribution >= 0.6 is 7.49 Å². The summed E-state index contributed by atoms with van der Waals surface area (Å²) in [6.45, 7) is 36.8. The zero-order valence-corrected chi connectivity index (χ0v) is 23.2. The first kappa shape index (κ1) is 24.6. The highest BCUT2D eigenvalue weighted by Crippen LogP contribution is 2.42. The molecule has 24 heavy (non-hydrogen) atoms. The normalized spacial score (nSPS) is 15.9. The summed E-state index contributed by atoms with van der Waals surface area (Å²) in [4.78, 5) is 0. The molecule has 0 aliphatic carbocycles. The van der Waals surface area contributed by atoms with Crippen LogP contribution in [0.5, 0.6) is 0 Å². The third-order valence-electron chi connectivity index (χ3n) is 3.48. The van der Waals surface area contributed by atoms with Crippen molar-refractivity contribution in [3.05, 3.63) is 0 Å². The number of nitrogens with zero attached hydrogens (tertiary/aromatic N) is 2. The molecule has 0 saturated carbocycles. The number of hydrogen-bond donors (Lipinski definition) is 0. The molecule has 0 aliphatic heterocycles. The Bertz CT molecular complexity index is 497. The van der Waals surface area contributed by atoms with E-state index < -0.39 is 31.9 Å². The molecule has 144 valence electrons. The summed E-state index contributed by atoms with van der Waals surface area (Å²) in [7, 11) is -4.90. The van der Waals surface area contributed by atoms with Crippen LogP contribution < -0.4 is 0 Å². The largest absolute Gasteiger partial charge is 0.265 e. The topological polar surface area (TPSA) is 15.6 Å². The molecule has 0 rings (SSSR count). The molecule has 0 amide bonds. The molecule has 0 N–H and O–H groups in total. The summed E-state index contributed by atoms with van der Waals surface area (Å²) in [5.74, 6) is 0. The van der Waals surface area contributed by atoms with Crippen molar-refractivity contribution in [1.29, 1.82) is 0 Å². The van der Waals surface area contributed by atoms with Crippen LogP contribution in [-0.2, 0) is 0 Å². The van der Waals surface area contributed by atoms with Gasteiger partial charge in [-0.1, -0.05) is 58.9 Å². The predicted molar refractivity (Wildman–Crippen MR) is 126 cm³/mol. The Morgan fingerprint density at radius 3 is 1.21 bits per heavy atom. The monoisotopic (exact) mass is 404 g/mol. The fourth-order valence-corrected chi connectivity index (χ4v) is 25.3. The standard InChI is InChI=1S/C18H45N2PSi3/c1-17(2,3)19-21(16(22(7,8)9)23(10,11)12)20(18(4,5)6)24(13,14)15/h1-15H3. The van der Waals surface area contributed by atoms with Gasteiger partial charge in [-0.3, -0.25) is 9.08 Å². The van der Waals surface area contributed by atoms with Crippen LogP contribution in [0.1, 0.15) is 41.5 Å². The Hall–Kier alpha value is 0.581. The Labute approximate surface area is 157 Å². The highest BCUT2D eigenvalue weighted by atomic mass is 31.1. The minimum absolute atomic E-state index is 0.0133. The van der Waals surface area contributed by atoms with E-state index >= 15 is 0 Å². The van der Waals surface area contributed by atoms with Gasteiger partial charge in [0.05, 0.1) is 21.7 Å². The van der Waals surface area contributed by atoms with Crippen molar-refractivity contribution in [3.63, 3.8) is 0 Å². The van der Waals surface area contributed by atoms with Gasteiger partial charge < -0.3 is 0 Å². The van der Waals surface area contributed by atoms with E-state index in [2.05, 4.69) is 105 Å². The second kappa shape index (κ2) is 7.30. The van der Waals surface area contributed by atoms with E-state index in [1.165, 1.54) is 0 Å². The third-order valence-corrected chi connectivity index (χ3v) is 22.5. The molecule has 0 aromatic rings. The van der Waals surface area contributed by atoms with Crippen molar-refractivity contribution in [2.45, 2.75) is 112 Å². The highest BCUT2D eigenvalue weighted by molar-refractivity contribution is 7.67. The smallest absolute Gasteiger partial charge is 0.130 e. The lowest BCUT2D eigenvalue weighted by Gasteiger charge is -2.46. The minimum atomic E-state index is -1.51. The first-order valence-electron chi connectivity index (χ1n) is 9.29. The number of rotatable bonds is 4. The van der Waals surface area contributed by atoms with E-state index in [9.17, 15) is 0 Å². The average molecular weight is 405 g/mol. The molecule has 1 unspecified atom stereocenters. The Kier molecular flexibility index (Phi) is 7.48. The van der Waals surface area contributed by atoms with E-state index in [1.54, 1.807) is 0 Å². The lowest BCUT2D eigenvalue weighted by molar-refractivity contribution is 0.375. The van der Waals surface area contributed by atoms with Gasteiger partial charge in [0.2, 0.25) is 0 Å². The fraction of sp³-hybridized carbons (Fsp3) is 0.944. The van der Waals surface area contributed by atoms with E-state index in [4.69, 9.17) is 4.74 Å². The molecule has 0 saturated heterocycles. The van der Waals surface area contributed by atoms with Gasteiger partial charge in [0.15, 0.2) is 0 Å². The lowest BCUT2D eigenvalue weighted by Crippen LogP contribution is -2.55. The van der Waals surface area contributed by atoms with Crippen LogP contribution in [0, 0.1) is 0 Å². The first-order valence-corrected chi connectivity index (χ1v) is 21.0. The minimum Gasteiger partial charge on any atom is -0.265 e. The van der Waals surface area contributed by atoms with E-state index in [1.807, 2.05) is 4.54 Å². The van der Waals surface area contributed by atoms with E-state index in [-0.39, 0.29) is 11.1 Å². The zero-order chi connectivity index (χ0) is 19.9. The summed E-state index contributed by atoms with van der Waals surface area (Å²) in [6, 6.07) is 0. The Morgan fingerprint density at radius 2 is 1.04 bits per heavy atom. The summed E-state index contributed by atoms with van der Waals surface area (Å²) in [5.41, 5.74) is 0.175. The van der Waals surface area contributed by atoms with Gasteiger partial charge >= 0.3 is 0 Å². The van der Waals surface area contributed by atoms with Crippen molar-refractivity contribution in [2.24, 2.45) is 4.74 Å². The van der Waals surface area contributed by atoms with Crippen molar-refractivity contribution in [3.8, 4) is 0 Å². The zero-order valence-electron chi connectivity index (χ0n) is 19.3. The van der Waals surface area contributed by atoms with Crippen LogP contribution in [0.25, 0.3) is 0 Å². The lowest BCUT2D eigenvalue weighted by atomic mass is 10.1. The van der Waals surface area contributed by atoms with Gasteiger partial charge in [-0.25, -0.2) is 0 Å². The van der Waals surface area contributed by atoms with Crippen LogP contribution in [0.2, 0.25) is 58.9 Å². The summed E-state index contributed by atoms with van der Waals surface area (Å²) in [6.07, 6.45) is 0. The van der Waals surface area contributed by atoms with Gasteiger partial charge in [0, 0.05) is 13.0 Å². The van der Waals surface area contributed by atoms with Crippen LogP contribution in [0.3, 0.4) is 0 Å². The SMILES string of the molecule is CC(C)(C)N=P(=C([Si](C)(C)C)[Si](C)(C)C)N(C(C)(C)C)[Si](C)(C)C. The molecular formula is C18H45N2PSi3. The molecule has 0 heterocycles. The molecule has 2 nitrogen and oxygen atoms in total. The third kappa shape index (κ3) is 7.45. The maximum Gasteiger partial charge on any atom is 0.130 e. The molecule has 0 aliphatic rings. The molecule has 0 fully saturated rings. The van der Waals surface area contributed by atoms with Crippen LogP contribution in [0.4, 0.5) is 0 Å². The molecule has 0 bridgehead atoms. The van der Waals surface area contributed by atoms with Gasteiger partial charge in [0.25, 0.3) is 0 Å². The molecule has 0 aromatic carbocycles. The second-order valence-corrected chi connectivity index (χ2v) is 30.2. The fourth-order valence-electron chi connectivity index (χ4n) is 3.78. The molecule has 6 heteroatoms.